The minimum Gasteiger partial charge on any atom is -0.271 e. The van der Waals surface area contributed by atoms with Gasteiger partial charge in [-0.2, -0.15) is 0 Å². The predicted molar refractivity (Wildman–Crippen MR) is 79.6 cm³/mol. The normalized spacial score (nSPS) is 23.3. The molecule has 0 aromatic heterocycles. The van der Waals surface area contributed by atoms with E-state index >= 15 is 0 Å². The number of hydrogen-bond acceptors (Lipinski definition) is 2. The largest absolute Gasteiger partial charge is 0.271 e. The van der Waals surface area contributed by atoms with E-state index in [0.29, 0.717) is 6.04 Å². The summed E-state index contributed by atoms with van der Waals surface area (Å²) in [5.74, 6) is 5.93. The lowest BCUT2D eigenvalue weighted by molar-refractivity contribution is 0.461. The molecule has 2 aliphatic rings. The lowest BCUT2D eigenvalue weighted by atomic mass is 9.82. The highest BCUT2D eigenvalue weighted by molar-refractivity contribution is 5.38. The van der Waals surface area contributed by atoms with Crippen LogP contribution in [0.4, 0.5) is 0 Å². The molecular formula is C17H24N2. The molecule has 0 radical (unpaired) electrons. The second kappa shape index (κ2) is 5.48. The molecule has 0 spiro atoms. The van der Waals surface area contributed by atoms with E-state index in [-0.39, 0.29) is 5.41 Å². The van der Waals surface area contributed by atoms with Crippen LogP contribution in [0.15, 0.2) is 42.0 Å². The number of benzene rings is 1. The molecule has 0 aliphatic heterocycles. The van der Waals surface area contributed by atoms with Gasteiger partial charge in [0.05, 0.1) is 6.04 Å². The van der Waals surface area contributed by atoms with Gasteiger partial charge in [-0.3, -0.25) is 11.3 Å². The molecule has 3 N–H and O–H groups in total. The molecule has 1 aromatic rings. The summed E-state index contributed by atoms with van der Waals surface area (Å²) in [4.78, 5) is 0. The number of hydrazine groups is 1. The Morgan fingerprint density at radius 2 is 1.84 bits per heavy atom. The number of allylic oxidation sites excluding steroid dienone is 1. The maximum atomic E-state index is 5.93. The van der Waals surface area contributed by atoms with E-state index in [4.69, 9.17) is 5.84 Å². The summed E-state index contributed by atoms with van der Waals surface area (Å²) in [6, 6.07) is 11.2. The molecule has 0 saturated heterocycles. The third-order valence-electron chi connectivity index (χ3n) is 4.80. The molecular weight excluding hydrogens is 232 g/mol. The Morgan fingerprint density at radius 3 is 2.53 bits per heavy atom. The van der Waals surface area contributed by atoms with E-state index in [9.17, 15) is 0 Å². The molecule has 102 valence electrons. The number of rotatable bonds is 4. The molecule has 1 unspecified atom stereocenters. The van der Waals surface area contributed by atoms with Gasteiger partial charge in [-0.25, -0.2) is 0 Å². The van der Waals surface area contributed by atoms with Crippen LogP contribution in [-0.4, -0.2) is 6.04 Å². The van der Waals surface area contributed by atoms with E-state index in [2.05, 4.69) is 41.8 Å². The summed E-state index contributed by atoms with van der Waals surface area (Å²) < 4.78 is 0. The van der Waals surface area contributed by atoms with Crippen LogP contribution >= 0.6 is 0 Å². The predicted octanol–water partition coefficient (Wildman–Crippen LogP) is 3.44. The fourth-order valence-electron chi connectivity index (χ4n) is 3.57. The molecule has 0 bridgehead atoms. The van der Waals surface area contributed by atoms with E-state index in [0.717, 1.165) is 0 Å². The molecule has 3 rings (SSSR count). The van der Waals surface area contributed by atoms with Gasteiger partial charge in [-0.15, -0.1) is 0 Å². The van der Waals surface area contributed by atoms with Crippen molar-refractivity contribution in [2.75, 3.05) is 0 Å². The molecule has 1 aromatic carbocycles. The van der Waals surface area contributed by atoms with Crippen LogP contribution in [0.3, 0.4) is 0 Å². The first-order valence-electron chi connectivity index (χ1n) is 7.57. The first-order valence-corrected chi connectivity index (χ1v) is 7.57. The molecule has 2 heteroatoms. The van der Waals surface area contributed by atoms with Crippen molar-refractivity contribution in [2.45, 2.75) is 56.4 Å². The van der Waals surface area contributed by atoms with Crippen molar-refractivity contribution in [2.24, 2.45) is 5.84 Å². The third kappa shape index (κ3) is 2.47. The van der Waals surface area contributed by atoms with Crippen molar-refractivity contribution in [3.8, 4) is 0 Å². The van der Waals surface area contributed by atoms with Crippen LogP contribution in [-0.2, 0) is 5.41 Å². The molecule has 1 saturated carbocycles. The van der Waals surface area contributed by atoms with E-state index in [1.807, 2.05) is 0 Å². The van der Waals surface area contributed by atoms with Crippen LogP contribution in [0.1, 0.15) is 50.5 Å². The maximum absolute atomic E-state index is 5.93. The standard InChI is InChI=1S/C17H24N2/c18-19-16(14-8-4-1-2-5-9-14)17(12-13-17)15-10-6-3-7-11-15/h3,6-8,10-11,16,19H,1-2,4-5,9,12-13,18H2. The summed E-state index contributed by atoms with van der Waals surface area (Å²) in [7, 11) is 0. The Balaban J connectivity index is 1.88. The van der Waals surface area contributed by atoms with E-state index in [1.54, 1.807) is 5.57 Å². The lowest BCUT2D eigenvalue weighted by Crippen LogP contribution is -2.45. The van der Waals surface area contributed by atoms with Crippen molar-refractivity contribution >= 4 is 0 Å². The minimum absolute atomic E-state index is 0.256. The zero-order chi connectivity index (χ0) is 13.1. The summed E-state index contributed by atoms with van der Waals surface area (Å²) in [5.41, 5.74) is 6.38. The number of hydrogen-bond donors (Lipinski definition) is 2. The van der Waals surface area contributed by atoms with Gasteiger partial charge in [-0.05, 0) is 44.1 Å². The van der Waals surface area contributed by atoms with Crippen LogP contribution in [0.5, 0.6) is 0 Å². The van der Waals surface area contributed by atoms with Crippen molar-refractivity contribution in [3.05, 3.63) is 47.5 Å². The van der Waals surface area contributed by atoms with E-state index < -0.39 is 0 Å². The van der Waals surface area contributed by atoms with Crippen molar-refractivity contribution in [1.29, 1.82) is 0 Å². The average Bonchev–Trinajstić information content (AvgIpc) is 3.26. The lowest BCUT2D eigenvalue weighted by Gasteiger charge is -2.29. The zero-order valence-electron chi connectivity index (χ0n) is 11.6. The highest BCUT2D eigenvalue weighted by Gasteiger charge is 2.51. The van der Waals surface area contributed by atoms with Crippen LogP contribution in [0.2, 0.25) is 0 Å². The van der Waals surface area contributed by atoms with Gasteiger partial charge < -0.3 is 0 Å². The van der Waals surface area contributed by atoms with Crippen LogP contribution in [0.25, 0.3) is 0 Å². The SMILES string of the molecule is NNC(C1=CCCCCC1)C1(c2ccccc2)CC1. The molecule has 1 fully saturated rings. The Labute approximate surface area is 116 Å². The Hall–Kier alpha value is -1.12. The van der Waals surface area contributed by atoms with Gasteiger partial charge in [0.25, 0.3) is 0 Å². The minimum atomic E-state index is 0.256. The Morgan fingerprint density at radius 1 is 1.05 bits per heavy atom. The molecule has 2 nitrogen and oxygen atoms in total. The van der Waals surface area contributed by atoms with Gasteiger partial charge >= 0.3 is 0 Å². The van der Waals surface area contributed by atoms with Gasteiger partial charge in [-0.1, -0.05) is 48.4 Å². The highest BCUT2D eigenvalue weighted by atomic mass is 15.2. The van der Waals surface area contributed by atoms with Gasteiger partial charge in [0, 0.05) is 5.41 Å². The van der Waals surface area contributed by atoms with Crippen molar-refractivity contribution in [1.82, 2.24) is 5.43 Å². The Kier molecular flexibility index (Phi) is 3.72. The topological polar surface area (TPSA) is 38.0 Å². The smallest absolute Gasteiger partial charge is 0.0516 e. The third-order valence-corrected chi connectivity index (χ3v) is 4.80. The van der Waals surface area contributed by atoms with Gasteiger partial charge in [0.2, 0.25) is 0 Å². The van der Waals surface area contributed by atoms with Gasteiger partial charge in [0.15, 0.2) is 0 Å². The second-order valence-corrected chi connectivity index (χ2v) is 6.00. The molecule has 0 amide bonds. The quantitative estimate of drug-likeness (QED) is 0.492. The van der Waals surface area contributed by atoms with Gasteiger partial charge in [0.1, 0.15) is 0 Å². The zero-order valence-corrected chi connectivity index (χ0v) is 11.6. The summed E-state index contributed by atoms with van der Waals surface area (Å²) in [5, 5.41) is 0. The molecule has 2 aliphatic carbocycles. The maximum Gasteiger partial charge on any atom is 0.0516 e. The van der Waals surface area contributed by atoms with Crippen LogP contribution in [0, 0.1) is 0 Å². The molecule has 1 atom stereocenters. The van der Waals surface area contributed by atoms with Crippen LogP contribution < -0.4 is 11.3 Å². The fourth-order valence-corrected chi connectivity index (χ4v) is 3.57. The first-order chi connectivity index (χ1) is 9.37. The summed E-state index contributed by atoms with van der Waals surface area (Å²) in [6.45, 7) is 0. The average molecular weight is 256 g/mol. The molecule has 19 heavy (non-hydrogen) atoms. The number of nitrogens with two attached hydrogens (primary N) is 1. The summed E-state index contributed by atoms with van der Waals surface area (Å²) in [6.07, 6.45) is 11.4. The first kappa shape index (κ1) is 12.9. The summed E-state index contributed by atoms with van der Waals surface area (Å²) >= 11 is 0. The monoisotopic (exact) mass is 256 g/mol. The van der Waals surface area contributed by atoms with E-state index in [1.165, 1.54) is 50.5 Å². The van der Waals surface area contributed by atoms with Crippen molar-refractivity contribution < 1.29 is 0 Å². The fraction of sp³-hybridized carbons (Fsp3) is 0.529. The molecule has 0 heterocycles. The number of nitrogens with one attached hydrogen (secondary N) is 1. The van der Waals surface area contributed by atoms with Crippen molar-refractivity contribution in [3.63, 3.8) is 0 Å². The highest BCUT2D eigenvalue weighted by Crippen LogP contribution is 2.53. The Bertz CT molecular complexity index is 446. The second-order valence-electron chi connectivity index (χ2n) is 6.00.